The second kappa shape index (κ2) is 73.5. The molecule has 5 unspecified atom stereocenters. The van der Waals surface area contributed by atoms with Gasteiger partial charge >= 0.3 is 39.5 Å². The van der Waals surface area contributed by atoms with Crippen LogP contribution in [0.1, 0.15) is 349 Å². The Kier molecular flexibility index (Phi) is 70.8. The van der Waals surface area contributed by atoms with Crippen molar-refractivity contribution < 1.29 is 80.2 Å². The Morgan fingerprint density at radius 1 is 0.280 bits per heavy atom. The molecule has 100 heavy (non-hydrogen) atoms. The van der Waals surface area contributed by atoms with Crippen molar-refractivity contribution in [3.63, 3.8) is 0 Å². The summed E-state index contributed by atoms with van der Waals surface area (Å²) < 4.78 is 68.5. The minimum absolute atomic E-state index is 0.0771. The normalized spacial score (nSPS) is 14.3. The molecule has 0 saturated carbocycles. The number of rotatable bonds is 75. The summed E-state index contributed by atoms with van der Waals surface area (Å²) in [6.07, 6.45) is 75.6. The molecule has 0 saturated heterocycles. The zero-order chi connectivity index (χ0) is 73.2. The van der Waals surface area contributed by atoms with Gasteiger partial charge in [0.15, 0.2) is 12.2 Å². The van der Waals surface area contributed by atoms with Gasteiger partial charge in [-0.05, 0) is 128 Å². The zero-order valence-electron chi connectivity index (χ0n) is 63.4. The van der Waals surface area contributed by atoms with Crippen LogP contribution in [-0.2, 0) is 65.4 Å². The summed E-state index contributed by atoms with van der Waals surface area (Å²) in [5.41, 5.74) is 0. The topological polar surface area (TPSA) is 237 Å². The highest BCUT2D eigenvalue weighted by Crippen LogP contribution is 2.45. The Hall–Kier alpha value is -3.76. The van der Waals surface area contributed by atoms with Crippen LogP contribution in [0.3, 0.4) is 0 Å². The highest BCUT2D eigenvalue weighted by molar-refractivity contribution is 7.47. The van der Waals surface area contributed by atoms with Crippen molar-refractivity contribution in [1.82, 2.24) is 0 Å². The number of phosphoric acid groups is 2. The molecule has 0 aromatic heterocycles. The summed E-state index contributed by atoms with van der Waals surface area (Å²) in [7, 11) is -9.95. The molecule has 3 N–H and O–H groups in total. The van der Waals surface area contributed by atoms with Gasteiger partial charge in [-0.25, -0.2) is 9.13 Å². The molecule has 0 amide bonds. The summed E-state index contributed by atoms with van der Waals surface area (Å²) in [6, 6.07) is 0. The third-order valence-electron chi connectivity index (χ3n) is 16.8. The molecule has 0 rings (SSSR count). The van der Waals surface area contributed by atoms with Crippen LogP contribution in [-0.4, -0.2) is 96.7 Å². The molecule has 0 aromatic rings. The van der Waals surface area contributed by atoms with Gasteiger partial charge in [-0.3, -0.25) is 37.3 Å². The Labute approximate surface area is 608 Å². The molecule has 0 aromatic carbocycles. The van der Waals surface area contributed by atoms with Gasteiger partial charge in [-0.1, -0.05) is 280 Å². The van der Waals surface area contributed by atoms with Gasteiger partial charge in [0.25, 0.3) is 0 Å². The van der Waals surface area contributed by atoms with E-state index in [0.29, 0.717) is 25.7 Å². The lowest BCUT2D eigenvalue weighted by Crippen LogP contribution is -2.30. The molecule has 19 heteroatoms. The summed E-state index contributed by atoms with van der Waals surface area (Å²) >= 11 is 0. The number of hydrogen-bond donors (Lipinski definition) is 3. The number of phosphoric ester groups is 2. The van der Waals surface area contributed by atoms with Crippen molar-refractivity contribution >= 4 is 39.5 Å². The highest BCUT2D eigenvalue weighted by atomic mass is 31.2. The maximum absolute atomic E-state index is 13.1. The van der Waals surface area contributed by atoms with Crippen LogP contribution in [0.2, 0.25) is 0 Å². The number of aliphatic hydroxyl groups is 1. The Balaban J connectivity index is 5.33. The molecule has 0 bridgehead atoms. The number of allylic oxidation sites excluding steroid dienone is 14. The van der Waals surface area contributed by atoms with Crippen LogP contribution in [0.25, 0.3) is 0 Å². The molecule has 17 nitrogen and oxygen atoms in total. The van der Waals surface area contributed by atoms with Crippen LogP contribution in [0.15, 0.2) is 85.1 Å². The average Bonchev–Trinajstić information content (AvgIpc) is 0.985. The second-order valence-corrected chi connectivity index (χ2v) is 29.6. The number of carbonyl (C=O) groups excluding carboxylic acids is 4. The standard InChI is InChI=1S/C81H144O17P2/c1-5-9-13-17-21-25-29-32-35-36-37-38-41-43-47-50-54-58-62-66-79(84)92-72-77(98-81(86)68-64-60-56-52-48-44-40-34-31-27-23-19-15-11-7-3)74-96-100(89,90)94-70-75(82)69-93-99(87,88)95-73-76(97-80(85)67-63-59-55-51-45-28-24-20-16-12-8-4)71-91-78(83)65-61-57-53-49-46-42-39-33-30-26-22-18-14-10-6-2/h21-23,25-27,32-35,37-40,75-77,82H,5-20,24,28-31,36,41-74H2,1-4H3,(H,87,88)(H,89,90)/b25-21-,26-22-,27-23-,35-32-,38-37-,39-33-,40-34-. The van der Waals surface area contributed by atoms with Crippen molar-refractivity contribution in [2.24, 2.45) is 0 Å². The van der Waals surface area contributed by atoms with Gasteiger partial charge in [-0.2, -0.15) is 0 Å². The van der Waals surface area contributed by atoms with E-state index in [2.05, 4.69) is 113 Å². The van der Waals surface area contributed by atoms with Gasteiger partial charge in [0.1, 0.15) is 19.3 Å². The lowest BCUT2D eigenvalue weighted by Gasteiger charge is -2.21. The number of esters is 4. The van der Waals surface area contributed by atoms with Crippen LogP contribution in [0.5, 0.6) is 0 Å². The van der Waals surface area contributed by atoms with Crippen molar-refractivity contribution in [2.45, 2.75) is 367 Å². The third-order valence-corrected chi connectivity index (χ3v) is 18.7. The predicted molar refractivity (Wildman–Crippen MR) is 409 cm³/mol. The first-order valence-electron chi connectivity index (χ1n) is 39.8. The summed E-state index contributed by atoms with van der Waals surface area (Å²) in [5.74, 6) is -2.20. The van der Waals surface area contributed by atoms with Gasteiger partial charge in [0.2, 0.25) is 0 Å². The molecule has 0 aliphatic carbocycles. The predicted octanol–water partition coefficient (Wildman–Crippen LogP) is 23.0. The molecule has 580 valence electrons. The van der Waals surface area contributed by atoms with Crippen LogP contribution < -0.4 is 0 Å². The van der Waals surface area contributed by atoms with E-state index < -0.39 is 97.5 Å². The van der Waals surface area contributed by atoms with Gasteiger partial charge in [0, 0.05) is 25.7 Å². The van der Waals surface area contributed by atoms with Crippen LogP contribution in [0, 0.1) is 0 Å². The smallest absolute Gasteiger partial charge is 0.462 e. The fraction of sp³-hybridized carbons (Fsp3) is 0.778. The van der Waals surface area contributed by atoms with E-state index >= 15 is 0 Å². The molecule has 0 spiro atoms. The maximum atomic E-state index is 13.1. The van der Waals surface area contributed by atoms with E-state index in [4.69, 9.17) is 37.0 Å². The first-order valence-corrected chi connectivity index (χ1v) is 42.8. The molecule has 0 radical (unpaired) electrons. The minimum Gasteiger partial charge on any atom is -0.462 e. The van der Waals surface area contributed by atoms with E-state index in [1.54, 1.807) is 0 Å². The van der Waals surface area contributed by atoms with Crippen molar-refractivity contribution in [2.75, 3.05) is 39.6 Å². The maximum Gasteiger partial charge on any atom is 0.472 e. The summed E-state index contributed by atoms with van der Waals surface area (Å²) in [5, 5.41) is 10.6. The van der Waals surface area contributed by atoms with Gasteiger partial charge in [-0.15, -0.1) is 0 Å². The number of aliphatic hydroxyl groups excluding tert-OH is 1. The van der Waals surface area contributed by atoms with E-state index in [1.165, 1.54) is 96.3 Å². The molecular weight excluding hydrogens is 1310 g/mol. The van der Waals surface area contributed by atoms with Crippen molar-refractivity contribution in [3.05, 3.63) is 85.1 Å². The molecular formula is C81H144O17P2. The third kappa shape index (κ3) is 72.6. The fourth-order valence-corrected chi connectivity index (χ4v) is 12.3. The lowest BCUT2D eigenvalue weighted by molar-refractivity contribution is -0.161. The Morgan fingerprint density at radius 2 is 0.490 bits per heavy atom. The Morgan fingerprint density at radius 3 is 0.770 bits per heavy atom. The molecule has 0 aliphatic heterocycles. The fourth-order valence-electron chi connectivity index (χ4n) is 10.7. The molecule has 0 fully saturated rings. The van der Waals surface area contributed by atoms with Gasteiger partial charge in [0.05, 0.1) is 26.4 Å². The number of carbonyl (C=O) groups is 4. The first-order chi connectivity index (χ1) is 48.7. The molecule has 5 atom stereocenters. The quantitative estimate of drug-likeness (QED) is 0.0169. The zero-order valence-corrected chi connectivity index (χ0v) is 65.2. The van der Waals surface area contributed by atoms with Crippen LogP contribution in [0.4, 0.5) is 0 Å². The number of ether oxygens (including phenoxy) is 4. The number of unbranched alkanes of at least 4 members (excludes halogenated alkanes) is 35. The van der Waals surface area contributed by atoms with E-state index in [-0.39, 0.29) is 25.7 Å². The Bertz CT molecular complexity index is 2230. The summed E-state index contributed by atoms with van der Waals surface area (Å²) in [4.78, 5) is 72.9. The van der Waals surface area contributed by atoms with Crippen molar-refractivity contribution in [3.8, 4) is 0 Å². The lowest BCUT2D eigenvalue weighted by atomic mass is 10.1. The van der Waals surface area contributed by atoms with E-state index in [1.807, 2.05) is 0 Å². The highest BCUT2D eigenvalue weighted by Gasteiger charge is 2.30. The average molecular weight is 1450 g/mol. The molecule has 0 aliphatic rings. The van der Waals surface area contributed by atoms with E-state index in [0.717, 1.165) is 173 Å². The molecule has 0 heterocycles. The van der Waals surface area contributed by atoms with Crippen molar-refractivity contribution in [1.29, 1.82) is 0 Å². The van der Waals surface area contributed by atoms with E-state index in [9.17, 15) is 43.2 Å². The second-order valence-electron chi connectivity index (χ2n) is 26.7. The largest absolute Gasteiger partial charge is 0.472 e. The first kappa shape index (κ1) is 96.2. The van der Waals surface area contributed by atoms with Gasteiger partial charge < -0.3 is 33.8 Å². The van der Waals surface area contributed by atoms with Crippen LogP contribution >= 0.6 is 15.6 Å². The summed E-state index contributed by atoms with van der Waals surface area (Å²) in [6.45, 7) is 4.78. The monoisotopic (exact) mass is 1450 g/mol. The SMILES string of the molecule is CCCCC/C=C\C/C=C\C/C=C\CCCCCCCCC(=O)OCC(COP(=O)(O)OCC(O)COP(=O)(O)OCC(COC(=O)CCCCCCC/C=C\C/C=C\CCCCC)OC(=O)CCCCCCCCCCCCC)OC(=O)CCCCCCC/C=C\C/C=C\CCCCC. The number of hydrogen-bond acceptors (Lipinski definition) is 15. The minimum atomic E-state index is -4.98.